The number of quaternary nitrogens is 1. The molecule has 0 fully saturated rings. The maximum atomic E-state index is 13.6. The number of carbonyl (C=O) groups excluding carboxylic acids is 1. The first-order valence-corrected chi connectivity index (χ1v) is 6.96. The SMILES string of the molecule is Cc1cccc(NC(=O)C[NH+](C)Cc2ccccc2F)c1. The number of benzene rings is 2. The lowest BCUT2D eigenvalue weighted by Crippen LogP contribution is -3.08. The van der Waals surface area contributed by atoms with Crippen LogP contribution in [0.5, 0.6) is 0 Å². The lowest BCUT2D eigenvalue weighted by atomic mass is 10.2. The van der Waals surface area contributed by atoms with Crippen LogP contribution in [0.4, 0.5) is 10.1 Å². The van der Waals surface area contributed by atoms with Crippen molar-refractivity contribution in [2.75, 3.05) is 18.9 Å². The van der Waals surface area contributed by atoms with Crippen LogP contribution in [0.3, 0.4) is 0 Å². The molecular weight excluding hydrogens is 267 g/mol. The highest BCUT2D eigenvalue weighted by Crippen LogP contribution is 2.08. The average molecular weight is 287 g/mol. The van der Waals surface area contributed by atoms with E-state index in [2.05, 4.69) is 5.32 Å². The second-order valence-electron chi connectivity index (χ2n) is 5.32. The molecular formula is C17H20FN2O+. The number of anilines is 1. The molecule has 0 spiro atoms. The second kappa shape index (κ2) is 6.99. The lowest BCUT2D eigenvalue weighted by molar-refractivity contribution is -0.885. The first kappa shape index (κ1) is 15.2. The van der Waals surface area contributed by atoms with E-state index in [9.17, 15) is 9.18 Å². The molecule has 0 saturated carbocycles. The van der Waals surface area contributed by atoms with Crippen molar-refractivity contribution in [3.63, 3.8) is 0 Å². The zero-order valence-corrected chi connectivity index (χ0v) is 12.3. The third-order valence-corrected chi connectivity index (χ3v) is 3.21. The topological polar surface area (TPSA) is 33.5 Å². The molecule has 0 bridgehead atoms. The number of aryl methyl sites for hydroxylation is 1. The number of carbonyl (C=O) groups is 1. The first-order valence-electron chi connectivity index (χ1n) is 6.96. The first-order chi connectivity index (χ1) is 10.0. The van der Waals surface area contributed by atoms with Gasteiger partial charge in [-0.1, -0.05) is 30.3 Å². The van der Waals surface area contributed by atoms with E-state index in [0.717, 1.165) is 16.2 Å². The van der Waals surface area contributed by atoms with E-state index < -0.39 is 0 Å². The molecule has 0 radical (unpaired) electrons. The van der Waals surface area contributed by atoms with Gasteiger partial charge < -0.3 is 10.2 Å². The van der Waals surface area contributed by atoms with Gasteiger partial charge in [-0.2, -0.15) is 0 Å². The zero-order valence-electron chi connectivity index (χ0n) is 12.3. The van der Waals surface area contributed by atoms with Crippen molar-refractivity contribution in [2.45, 2.75) is 13.5 Å². The van der Waals surface area contributed by atoms with Crippen LogP contribution in [0.15, 0.2) is 48.5 Å². The van der Waals surface area contributed by atoms with Crippen LogP contribution >= 0.6 is 0 Å². The smallest absolute Gasteiger partial charge is 0.279 e. The van der Waals surface area contributed by atoms with Crippen molar-refractivity contribution < 1.29 is 14.1 Å². The van der Waals surface area contributed by atoms with Crippen LogP contribution in [0.25, 0.3) is 0 Å². The van der Waals surface area contributed by atoms with E-state index in [4.69, 9.17) is 0 Å². The van der Waals surface area contributed by atoms with Gasteiger partial charge in [0.25, 0.3) is 5.91 Å². The Morgan fingerprint density at radius 1 is 1.19 bits per heavy atom. The summed E-state index contributed by atoms with van der Waals surface area (Å²) < 4.78 is 13.6. The molecule has 0 aliphatic heterocycles. The highest BCUT2D eigenvalue weighted by atomic mass is 19.1. The summed E-state index contributed by atoms with van der Waals surface area (Å²) in [5.74, 6) is -0.301. The molecule has 0 heterocycles. The fraction of sp³-hybridized carbons (Fsp3) is 0.235. The van der Waals surface area contributed by atoms with Crippen molar-refractivity contribution in [3.05, 3.63) is 65.5 Å². The van der Waals surface area contributed by atoms with Gasteiger partial charge in [0.15, 0.2) is 6.54 Å². The van der Waals surface area contributed by atoms with Crippen molar-refractivity contribution in [2.24, 2.45) is 0 Å². The third kappa shape index (κ3) is 4.68. The van der Waals surface area contributed by atoms with Gasteiger partial charge in [-0.15, -0.1) is 0 Å². The van der Waals surface area contributed by atoms with Crippen LogP contribution in [-0.4, -0.2) is 19.5 Å². The number of hydrogen-bond donors (Lipinski definition) is 2. The number of hydrogen-bond acceptors (Lipinski definition) is 1. The van der Waals surface area contributed by atoms with E-state index in [1.54, 1.807) is 18.2 Å². The van der Waals surface area contributed by atoms with E-state index in [0.29, 0.717) is 18.7 Å². The van der Waals surface area contributed by atoms with Gasteiger partial charge >= 0.3 is 0 Å². The summed E-state index contributed by atoms with van der Waals surface area (Å²) >= 11 is 0. The van der Waals surface area contributed by atoms with Gasteiger partial charge in [0, 0.05) is 11.3 Å². The minimum Gasteiger partial charge on any atom is -0.326 e. The maximum Gasteiger partial charge on any atom is 0.279 e. The number of amides is 1. The Bertz CT molecular complexity index is 628. The van der Waals surface area contributed by atoms with Crippen LogP contribution in [0.2, 0.25) is 0 Å². The normalized spacial score (nSPS) is 12.0. The van der Waals surface area contributed by atoms with E-state index >= 15 is 0 Å². The maximum absolute atomic E-state index is 13.6. The summed E-state index contributed by atoms with van der Waals surface area (Å²) in [6.45, 7) is 2.75. The molecule has 2 aromatic carbocycles. The van der Waals surface area contributed by atoms with Crippen LogP contribution in [-0.2, 0) is 11.3 Å². The molecule has 2 rings (SSSR count). The minimum atomic E-state index is -0.226. The Morgan fingerprint density at radius 2 is 1.95 bits per heavy atom. The summed E-state index contributed by atoms with van der Waals surface area (Å²) in [4.78, 5) is 12.9. The predicted octanol–water partition coefficient (Wildman–Crippen LogP) is 1.79. The van der Waals surface area contributed by atoms with E-state index in [1.807, 2.05) is 38.2 Å². The summed E-state index contributed by atoms with van der Waals surface area (Å²) in [6, 6.07) is 14.3. The van der Waals surface area contributed by atoms with Crippen molar-refractivity contribution in [1.29, 1.82) is 0 Å². The number of rotatable bonds is 5. The fourth-order valence-corrected chi connectivity index (χ4v) is 2.23. The number of halogens is 1. The molecule has 0 aliphatic carbocycles. The summed E-state index contributed by atoms with van der Waals surface area (Å²) in [5, 5.41) is 2.86. The molecule has 1 unspecified atom stereocenters. The van der Waals surface area contributed by atoms with Gasteiger partial charge in [0.05, 0.1) is 7.05 Å². The molecule has 2 aromatic rings. The van der Waals surface area contributed by atoms with Gasteiger partial charge in [-0.25, -0.2) is 4.39 Å². The molecule has 2 N–H and O–H groups in total. The van der Waals surface area contributed by atoms with Crippen LogP contribution in [0.1, 0.15) is 11.1 Å². The third-order valence-electron chi connectivity index (χ3n) is 3.21. The molecule has 0 saturated heterocycles. The molecule has 4 heteroatoms. The Kier molecular flexibility index (Phi) is 5.06. The summed E-state index contributed by atoms with van der Waals surface area (Å²) in [7, 11) is 1.88. The Balaban J connectivity index is 1.89. The second-order valence-corrected chi connectivity index (χ2v) is 5.32. The highest BCUT2D eigenvalue weighted by Gasteiger charge is 2.12. The highest BCUT2D eigenvalue weighted by molar-refractivity contribution is 5.91. The van der Waals surface area contributed by atoms with Gasteiger partial charge in [0.2, 0.25) is 0 Å². The van der Waals surface area contributed by atoms with Crippen LogP contribution in [0, 0.1) is 12.7 Å². The van der Waals surface area contributed by atoms with Gasteiger partial charge in [0.1, 0.15) is 12.4 Å². The summed E-state index contributed by atoms with van der Waals surface area (Å²) in [5.41, 5.74) is 2.51. The van der Waals surface area contributed by atoms with E-state index in [-0.39, 0.29) is 11.7 Å². The average Bonchev–Trinajstić information content (AvgIpc) is 2.41. The van der Waals surface area contributed by atoms with Gasteiger partial charge in [-0.3, -0.25) is 4.79 Å². The van der Waals surface area contributed by atoms with Crippen LogP contribution < -0.4 is 10.2 Å². The summed E-state index contributed by atoms with van der Waals surface area (Å²) in [6.07, 6.45) is 0. The Labute approximate surface area is 124 Å². The quantitative estimate of drug-likeness (QED) is 0.863. The van der Waals surface area contributed by atoms with Gasteiger partial charge in [-0.05, 0) is 30.7 Å². The number of nitrogens with one attached hydrogen (secondary N) is 2. The standard InChI is InChI=1S/C17H19FN2O/c1-13-6-5-8-15(10-13)19-17(21)12-20(2)11-14-7-3-4-9-16(14)18/h3-10H,11-12H2,1-2H3,(H,19,21)/p+1. The largest absolute Gasteiger partial charge is 0.326 e. The molecule has 0 aliphatic rings. The predicted molar refractivity (Wildman–Crippen MR) is 81.7 cm³/mol. The molecule has 110 valence electrons. The molecule has 1 amide bonds. The Hall–Kier alpha value is -2.20. The molecule has 3 nitrogen and oxygen atoms in total. The lowest BCUT2D eigenvalue weighted by Gasteiger charge is -2.14. The zero-order chi connectivity index (χ0) is 15.2. The van der Waals surface area contributed by atoms with Crippen molar-refractivity contribution in [1.82, 2.24) is 0 Å². The minimum absolute atomic E-state index is 0.0746. The van der Waals surface area contributed by atoms with Crippen molar-refractivity contribution >= 4 is 11.6 Å². The van der Waals surface area contributed by atoms with E-state index in [1.165, 1.54) is 6.07 Å². The fourth-order valence-electron chi connectivity index (χ4n) is 2.23. The van der Waals surface area contributed by atoms with Crippen molar-refractivity contribution in [3.8, 4) is 0 Å². The monoisotopic (exact) mass is 287 g/mol. The number of likely N-dealkylation sites (N-methyl/N-ethyl adjacent to an activating group) is 1. The molecule has 1 atom stereocenters. The molecule has 21 heavy (non-hydrogen) atoms. The molecule has 0 aromatic heterocycles. The Morgan fingerprint density at radius 3 is 2.67 bits per heavy atom.